The Balaban J connectivity index is 0.00000280. The van der Waals surface area contributed by atoms with Gasteiger partial charge in [-0.2, -0.15) is 0 Å². The van der Waals surface area contributed by atoms with E-state index in [-0.39, 0.29) is 35.8 Å². The van der Waals surface area contributed by atoms with E-state index in [9.17, 15) is 4.39 Å². The first kappa shape index (κ1) is 23.3. The molecule has 7 heteroatoms. The van der Waals surface area contributed by atoms with E-state index in [1.165, 1.54) is 31.7 Å². The number of rotatable bonds is 5. The predicted octanol–water partition coefficient (Wildman–Crippen LogP) is 3.56. The summed E-state index contributed by atoms with van der Waals surface area (Å²) < 4.78 is 19.3. The smallest absolute Gasteiger partial charge is 0.191 e. The zero-order chi connectivity index (χ0) is 19.1. The second-order valence-corrected chi connectivity index (χ2v) is 7.77. The van der Waals surface area contributed by atoms with Gasteiger partial charge in [0, 0.05) is 32.7 Å². The van der Waals surface area contributed by atoms with Crippen molar-refractivity contribution in [3.8, 4) is 0 Å². The maximum atomic E-state index is 13.8. The molecule has 1 saturated carbocycles. The molecule has 2 aliphatic rings. The van der Waals surface area contributed by atoms with Crippen molar-refractivity contribution in [3.63, 3.8) is 0 Å². The van der Waals surface area contributed by atoms with Crippen molar-refractivity contribution in [2.24, 2.45) is 10.9 Å². The molecule has 1 aromatic carbocycles. The van der Waals surface area contributed by atoms with E-state index in [0.29, 0.717) is 12.6 Å². The zero-order valence-electron chi connectivity index (χ0n) is 17.0. The van der Waals surface area contributed by atoms with E-state index < -0.39 is 0 Å². The van der Waals surface area contributed by atoms with Crippen LogP contribution in [0.1, 0.15) is 44.2 Å². The van der Waals surface area contributed by atoms with Gasteiger partial charge < -0.3 is 15.4 Å². The standard InChI is InChI=1S/C21H33FN4O.HI/c1-16-6-8-19(9-7-16)25-21(23-2)24-15-20(26-10-12-27-13-11-26)17-4-3-5-18(22)14-17;/h3-5,14,16,19-20H,6-13,15H2,1-2H3,(H2,23,24,25);1H. The van der Waals surface area contributed by atoms with Gasteiger partial charge in [-0.1, -0.05) is 19.1 Å². The lowest BCUT2D eigenvalue weighted by atomic mass is 9.87. The largest absolute Gasteiger partial charge is 0.379 e. The SMILES string of the molecule is CN=C(NCC(c1cccc(F)c1)N1CCOCC1)NC1CCC(C)CC1.I. The first-order valence-electron chi connectivity index (χ1n) is 10.2. The molecule has 0 spiro atoms. The highest BCUT2D eigenvalue weighted by atomic mass is 127. The van der Waals surface area contributed by atoms with Crippen molar-refractivity contribution in [2.45, 2.75) is 44.7 Å². The maximum absolute atomic E-state index is 13.8. The molecule has 2 fully saturated rings. The van der Waals surface area contributed by atoms with Crippen LogP contribution in [0, 0.1) is 11.7 Å². The number of hydrogen-bond acceptors (Lipinski definition) is 3. The van der Waals surface area contributed by atoms with Gasteiger partial charge in [-0.3, -0.25) is 9.89 Å². The van der Waals surface area contributed by atoms with Crippen LogP contribution in [-0.2, 0) is 4.74 Å². The number of nitrogens with zero attached hydrogens (tertiary/aromatic N) is 2. The molecule has 3 rings (SSSR count). The van der Waals surface area contributed by atoms with Gasteiger partial charge in [0.25, 0.3) is 0 Å². The topological polar surface area (TPSA) is 48.9 Å². The minimum absolute atomic E-state index is 0. The minimum atomic E-state index is -0.190. The molecule has 2 N–H and O–H groups in total. The molecule has 1 unspecified atom stereocenters. The van der Waals surface area contributed by atoms with Gasteiger partial charge in [0.1, 0.15) is 5.82 Å². The highest BCUT2D eigenvalue weighted by Gasteiger charge is 2.24. The van der Waals surface area contributed by atoms with Crippen LogP contribution >= 0.6 is 24.0 Å². The van der Waals surface area contributed by atoms with Crippen LogP contribution in [0.3, 0.4) is 0 Å². The average molecular weight is 504 g/mol. The van der Waals surface area contributed by atoms with Crippen molar-refractivity contribution < 1.29 is 9.13 Å². The molecule has 1 heterocycles. The first-order valence-corrected chi connectivity index (χ1v) is 10.2. The van der Waals surface area contributed by atoms with Gasteiger partial charge in [-0.15, -0.1) is 24.0 Å². The molecule has 1 aromatic rings. The molecule has 0 radical (unpaired) electrons. The summed E-state index contributed by atoms with van der Waals surface area (Å²) in [6, 6.07) is 7.51. The Bertz CT molecular complexity index is 616. The van der Waals surface area contributed by atoms with Crippen LogP contribution < -0.4 is 10.6 Å². The van der Waals surface area contributed by atoms with Crippen molar-refractivity contribution in [1.82, 2.24) is 15.5 Å². The molecular formula is C21H34FIN4O. The molecule has 1 saturated heterocycles. The normalized spacial score (nSPS) is 24.9. The Hall–Kier alpha value is -0.930. The number of halogens is 2. The summed E-state index contributed by atoms with van der Waals surface area (Å²) in [6.45, 7) is 6.17. The Morgan fingerprint density at radius 2 is 1.96 bits per heavy atom. The lowest BCUT2D eigenvalue weighted by Crippen LogP contribution is -2.49. The molecule has 0 amide bonds. The van der Waals surface area contributed by atoms with Gasteiger partial charge in [0.05, 0.1) is 19.3 Å². The molecule has 0 aromatic heterocycles. The van der Waals surface area contributed by atoms with Crippen LogP contribution in [0.25, 0.3) is 0 Å². The number of morpholine rings is 1. The van der Waals surface area contributed by atoms with Crippen molar-refractivity contribution >= 4 is 29.9 Å². The Morgan fingerprint density at radius 3 is 2.61 bits per heavy atom. The van der Waals surface area contributed by atoms with Crippen LogP contribution in [0.2, 0.25) is 0 Å². The van der Waals surface area contributed by atoms with E-state index in [1.807, 2.05) is 13.1 Å². The number of guanidine groups is 1. The maximum Gasteiger partial charge on any atom is 0.191 e. The third-order valence-corrected chi connectivity index (χ3v) is 5.76. The zero-order valence-corrected chi connectivity index (χ0v) is 19.3. The van der Waals surface area contributed by atoms with E-state index in [1.54, 1.807) is 12.1 Å². The summed E-state index contributed by atoms with van der Waals surface area (Å²) in [4.78, 5) is 6.77. The van der Waals surface area contributed by atoms with E-state index in [0.717, 1.165) is 43.7 Å². The fourth-order valence-electron chi connectivity index (χ4n) is 4.05. The van der Waals surface area contributed by atoms with Crippen LogP contribution in [0.5, 0.6) is 0 Å². The quantitative estimate of drug-likeness (QED) is 0.366. The van der Waals surface area contributed by atoms with E-state index in [4.69, 9.17) is 4.74 Å². The molecule has 1 atom stereocenters. The van der Waals surface area contributed by atoms with Crippen LogP contribution in [0.4, 0.5) is 4.39 Å². The number of benzene rings is 1. The number of nitrogens with one attached hydrogen (secondary N) is 2. The van der Waals surface area contributed by atoms with Crippen LogP contribution in [0.15, 0.2) is 29.3 Å². The Labute approximate surface area is 185 Å². The molecule has 28 heavy (non-hydrogen) atoms. The minimum Gasteiger partial charge on any atom is -0.379 e. The second kappa shape index (κ2) is 11.9. The molecule has 5 nitrogen and oxygen atoms in total. The summed E-state index contributed by atoms with van der Waals surface area (Å²) in [5, 5.41) is 7.05. The van der Waals surface area contributed by atoms with Crippen molar-refractivity contribution in [2.75, 3.05) is 39.9 Å². The summed E-state index contributed by atoms with van der Waals surface area (Å²) >= 11 is 0. The van der Waals surface area contributed by atoms with Gasteiger partial charge in [0.2, 0.25) is 0 Å². The summed E-state index contributed by atoms with van der Waals surface area (Å²) in [7, 11) is 1.81. The summed E-state index contributed by atoms with van der Waals surface area (Å²) in [5.41, 5.74) is 0.992. The van der Waals surface area contributed by atoms with Crippen LogP contribution in [-0.4, -0.2) is 56.8 Å². The third kappa shape index (κ3) is 6.84. The van der Waals surface area contributed by atoms with E-state index in [2.05, 4.69) is 27.4 Å². The predicted molar refractivity (Wildman–Crippen MR) is 123 cm³/mol. The second-order valence-electron chi connectivity index (χ2n) is 7.77. The van der Waals surface area contributed by atoms with Crippen molar-refractivity contribution in [1.29, 1.82) is 0 Å². The molecular weight excluding hydrogens is 470 g/mol. The van der Waals surface area contributed by atoms with Crippen molar-refractivity contribution in [3.05, 3.63) is 35.6 Å². The lowest BCUT2D eigenvalue weighted by molar-refractivity contribution is 0.0169. The Kier molecular flexibility index (Phi) is 9.94. The molecule has 1 aliphatic heterocycles. The number of ether oxygens (including phenoxy) is 1. The number of hydrogen-bond donors (Lipinski definition) is 2. The highest BCUT2D eigenvalue weighted by molar-refractivity contribution is 14.0. The number of aliphatic imine (C=N–C) groups is 1. The van der Waals surface area contributed by atoms with E-state index >= 15 is 0 Å². The van der Waals surface area contributed by atoms with Gasteiger partial charge in [0.15, 0.2) is 5.96 Å². The fraction of sp³-hybridized carbons (Fsp3) is 0.667. The van der Waals surface area contributed by atoms with Gasteiger partial charge >= 0.3 is 0 Å². The van der Waals surface area contributed by atoms with Gasteiger partial charge in [-0.05, 0) is 49.3 Å². The summed E-state index contributed by atoms with van der Waals surface area (Å²) in [5.74, 6) is 1.48. The molecule has 1 aliphatic carbocycles. The molecule has 0 bridgehead atoms. The lowest BCUT2D eigenvalue weighted by Gasteiger charge is -2.35. The highest BCUT2D eigenvalue weighted by Crippen LogP contribution is 2.24. The fourth-order valence-corrected chi connectivity index (χ4v) is 4.05. The monoisotopic (exact) mass is 504 g/mol. The Morgan fingerprint density at radius 1 is 1.25 bits per heavy atom. The summed E-state index contributed by atoms with van der Waals surface area (Å²) in [6.07, 6.45) is 4.93. The molecule has 158 valence electrons. The van der Waals surface area contributed by atoms with Gasteiger partial charge in [-0.25, -0.2) is 4.39 Å². The first-order chi connectivity index (χ1) is 13.2. The third-order valence-electron chi connectivity index (χ3n) is 5.76. The average Bonchev–Trinajstić information content (AvgIpc) is 2.70.